The molecular formula is C82H61BN11P. The second-order valence-corrected chi connectivity index (χ2v) is 24.0. The van der Waals surface area contributed by atoms with Crippen molar-refractivity contribution in [2.45, 2.75) is 20.8 Å². The number of aromatic nitrogens is 11. The minimum absolute atomic E-state index is 0.667. The van der Waals surface area contributed by atoms with E-state index in [0.29, 0.717) is 6.06 Å². The lowest BCUT2D eigenvalue weighted by atomic mass is 10.0. The van der Waals surface area contributed by atoms with Gasteiger partial charge >= 0.3 is 0 Å². The van der Waals surface area contributed by atoms with Gasteiger partial charge in [-0.15, -0.1) is 9.24 Å². The van der Waals surface area contributed by atoms with Gasteiger partial charge in [0, 0.05) is 68.2 Å². The van der Waals surface area contributed by atoms with E-state index in [1.807, 2.05) is 55.0 Å². The Kier molecular flexibility index (Phi) is 15.1. The summed E-state index contributed by atoms with van der Waals surface area (Å²) in [5.41, 5.74) is 23.5. The van der Waals surface area contributed by atoms with Crippen LogP contribution in [0.2, 0.25) is 0 Å². The van der Waals surface area contributed by atoms with Crippen molar-refractivity contribution < 1.29 is 0 Å². The first-order valence-corrected chi connectivity index (χ1v) is 32.6. The van der Waals surface area contributed by atoms with E-state index in [1.54, 1.807) is 0 Å². The number of benzene rings is 10. The second kappa shape index (κ2) is 24.7. The summed E-state index contributed by atoms with van der Waals surface area (Å²) in [7, 11) is 7.17. The molecule has 8 heterocycles. The van der Waals surface area contributed by atoms with Crippen LogP contribution >= 0.6 is 9.24 Å². The molecule has 13 heteroatoms. The van der Waals surface area contributed by atoms with E-state index in [0.717, 1.165) is 101 Å². The summed E-state index contributed by atoms with van der Waals surface area (Å²) in [6, 6.07) is 96.5. The predicted molar refractivity (Wildman–Crippen MR) is 395 cm³/mol. The average Bonchev–Trinajstić information content (AvgIpc) is 1.64. The quantitative estimate of drug-likeness (QED) is 0.105. The lowest BCUT2D eigenvalue weighted by molar-refractivity contribution is 1.05. The van der Waals surface area contributed by atoms with Gasteiger partial charge in [0.25, 0.3) is 0 Å². The van der Waals surface area contributed by atoms with E-state index in [2.05, 4.69) is 289 Å². The van der Waals surface area contributed by atoms with Crippen LogP contribution in [0, 0.1) is 20.8 Å². The monoisotopic (exact) mass is 1240 g/mol. The third-order valence-electron chi connectivity index (χ3n) is 17.8. The zero-order valence-corrected chi connectivity index (χ0v) is 53.6. The number of hydrogen-bond acceptors (Lipinski definition) is 6. The van der Waals surface area contributed by atoms with Crippen LogP contribution in [0.3, 0.4) is 0 Å². The molecule has 8 aromatic heterocycles. The smallest absolute Gasteiger partial charge is 0.164 e. The Hall–Kier alpha value is -11.8. The van der Waals surface area contributed by atoms with Gasteiger partial charge in [0.05, 0.1) is 47.0 Å². The molecule has 18 rings (SSSR count). The van der Waals surface area contributed by atoms with Crippen LogP contribution < -0.4 is 0 Å². The summed E-state index contributed by atoms with van der Waals surface area (Å²) in [6.45, 7) is 6.35. The highest BCUT2D eigenvalue weighted by molar-refractivity contribution is 7.19. The second-order valence-electron chi connectivity index (χ2n) is 23.6. The van der Waals surface area contributed by atoms with E-state index in [1.165, 1.54) is 66.1 Å². The van der Waals surface area contributed by atoms with Gasteiger partial charge < -0.3 is 9.13 Å². The first kappa shape index (κ1) is 58.3. The topological polar surface area (TPSA) is 102 Å². The molecule has 2 radical (unpaired) electrons. The Morgan fingerprint density at radius 1 is 0.295 bits per heavy atom. The Morgan fingerprint density at radius 3 is 0.842 bits per heavy atom. The van der Waals surface area contributed by atoms with Crippen LogP contribution in [-0.4, -0.2) is 66.6 Å². The SMILES string of the molecule is Cc1ccccc1-n1c(-c2cc(-c3nc4cccnc4n3-c3ccccc3C)cc(-c3nc4cccnc4n3-c3ccccc3C)c2)nc2cccnc21.[B]CP.c1ccc2c(c1)c1ccccc1n2-c1ccc(-c2ccc(-n3c4ccccc4c4ccccc43)cc2)cc1. The number of rotatable bonds is 9. The van der Waals surface area contributed by atoms with Crippen molar-refractivity contribution in [1.82, 2.24) is 52.7 Å². The highest BCUT2D eigenvalue weighted by Crippen LogP contribution is 2.41. The summed E-state index contributed by atoms with van der Waals surface area (Å²) in [4.78, 5) is 30.3. The molecule has 0 N–H and O–H groups in total. The van der Waals surface area contributed by atoms with Crippen LogP contribution in [-0.2, 0) is 0 Å². The number of imidazole rings is 3. The molecule has 1 atom stereocenters. The molecule has 95 heavy (non-hydrogen) atoms. The third kappa shape index (κ3) is 10.3. The number of para-hydroxylation sites is 7. The number of nitrogens with zero attached hydrogens (tertiary/aromatic N) is 11. The van der Waals surface area contributed by atoms with Crippen molar-refractivity contribution >= 4 is 94.2 Å². The molecule has 18 aromatic rings. The minimum atomic E-state index is 0.667. The van der Waals surface area contributed by atoms with Crippen molar-refractivity contribution in [3.8, 4) is 73.7 Å². The van der Waals surface area contributed by atoms with Gasteiger partial charge in [0.1, 0.15) is 34.0 Å². The summed E-state index contributed by atoms with van der Waals surface area (Å²) >= 11 is 0. The average molecular weight is 1240 g/mol. The number of pyridine rings is 3. The molecule has 1 unspecified atom stereocenters. The van der Waals surface area contributed by atoms with Gasteiger partial charge in [0.15, 0.2) is 16.9 Å². The summed E-state index contributed by atoms with van der Waals surface area (Å²) in [6.07, 6.45) is 5.46. The third-order valence-corrected chi connectivity index (χ3v) is 17.8. The van der Waals surface area contributed by atoms with Crippen LogP contribution in [0.1, 0.15) is 16.7 Å². The summed E-state index contributed by atoms with van der Waals surface area (Å²) in [5.74, 6) is 2.28. The van der Waals surface area contributed by atoms with E-state index in [-0.39, 0.29) is 0 Å². The molecule has 0 saturated carbocycles. The van der Waals surface area contributed by atoms with Gasteiger partial charge in [-0.25, -0.2) is 29.9 Å². The molecule has 0 fully saturated rings. The Labute approximate surface area is 552 Å². The molecule has 0 spiro atoms. The van der Waals surface area contributed by atoms with Gasteiger partial charge in [-0.3, -0.25) is 13.7 Å². The zero-order chi connectivity index (χ0) is 64.1. The van der Waals surface area contributed by atoms with Crippen molar-refractivity contribution in [2.24, 2.45) is 0 Å². The van der Waals surface area contributed by atoms with Gasteiger partial charge in [-0.1, -0.05) is 158 Å². The van der Waals surface area contributed by atoms with Crippen molar-refractivity contribution in [3.63, 3.8) is 0 Å². The number of hydrogen-bond donors (Lipinski definition) is 0. The molecular weight excluding hydrogens is 1180 g/mol. The molecule has 11 nitrogen and oxygen atoms in total. The fourth-order valence-electron chi connectivity index (χ4n) is 13.5. The maximum atomic E-state index is 5.27. The standard InChI is InChI=1S/C45H33N9.C36H24N2.CH4BP/c1-28-13-4-7-19-37(28)52-40(49-34-16-10-22-46-43(34)52)31-25-32(41-50-35-17-11-23-47-44(35)53(41)38-20-8-5-14-29(38)2)27-33(26-31)42-51-36-18-12-24-48-45(36)54(42)39-21-9-6-15-30(39)3;1-5-13-33-29(9-1)30-10-2-6-14-34(30)37(33)27-21-17-25(18-22-27)26-19-23-28(24-20-26)38-35-15-7-3-11-31(35)32-12-4-8-16-36(32)38;2-1-3/h4-27H,1-3H3;1-24H;1,3H2. The molecule has 10 aromatic carbocycles. The Bertz CT molecular complexity index is 5310. The van der Waals surface area contributed by atoms with Crippen molar-refractivity contribution in [2.75, 3.05) is 6.06 Å². The highest BCUT2D eigenvalue weighted by Gasteiger charge is 2.25. The number of aryl methyl sites for hydroxylation is 3. The molecule has 0 bridgehead atoms. The maximum absolute atomic E-state index is 5.27. The molecule has 0 aliphatic carbocycles. The minimum Gasteiger partial charge on any atom is -0.309 e. The van der Waals surface area contributed by atoms with Gasteiger partial charge in [-0.05, 0) is 170 Å². The van der Waals surface area contributed by atoms with Crippen LogP contribution in [0.5, 0.6) is 0 Å². The van der Waals surface area contributed by atoms with E-state index >= 15 is 0 Å². The Balaban J connectivity index is 0.000000152. The molecule has 452 valence electrons. The highest BCUT2D eigenvalue weighted by atomic mass is 31.0. The molecule has 0 aliphatic heterocycles. The predicted octanol–water partition coefficient (Wildman–Crippen LogP) is 19.3. The fourth-order valence-corrected chi connectivity index (χ4v) is 13.5. The summed E-state index contributed by atoms with van der Waals surface area (Å²) < 4.78 is 11.2. The van der Waals surface area contributed by atoms with Gasteiger partial charge in [-0.2, -0.15) is 0 Å². The number of fused-ring (bicyclic) bond motifs is 9. The largest absolute Gasteiger partial charge is 0.309 e. The van der Waals surface area contributed by atoms with Crippen LogP contribution in [0.15, 0.2) is 292 Å². The van der Waals surface area contributed by atoms with E-state index in [4.69, 9.17) is 37.8 Å². The van der Waals surface area contributed by atoms with E-state index in [9.17, 15) is 0 Å². The van der Waals surface area contributed by atoms with Gasteiger partial charge in [0.2, 0.25) is 0 Å². The van der Waals surface area contributed by atoms with E-state index < -0.39 is 0 Å². The first-order chi connectivity index (χ1) is 46.8. The molecule has 0 saturated heterocycles. The first-order valence-electron chi connectivity index (χ1n) is 31.7. The van der Waals surface area contributed by atoms with Crippen LogP contribution in [0.4, 0.5) is 0 Å². The van der Waals surface area contributed by atoms with Crippen molar-refractivity contribution in [1.29, 1.82) is 0 Å². The lowest BCUT2D eigenvalue weighted by Crippen LogP contribution is -2.04. The zero-order valence-electron chi connectivity index (χ0n) is 52.5. The Morgan fingerprint density at radius 2 is 0.558 bits per heavy atom. The summed E-state index contributed by atoms with van der Waals surface area (Å²) in [5, 5.41) is 5.14. The van der Waals surface area contributed by atoms with Crippen molar-refractivity contribution in [3.05, 3.63) is 308 Å². The molecule has 0 amide bonds. The molecule has 0 aliphatic rings. The fraction of sp³-hybridized carbons (Fsp3) is 0.0488. The lowest BCUT2D eigenvalue weighted by Gasteiger charge is -2.16. The maximum Gasteiger partial charge on any atom is 0.164 e. The normalized spacial score (nSPS) is 11.5. The van der Waals surface area contributed by atoms with Crippen LogP contribution in [0.25, 0.3) is 151 Å².